The van der Waals surface area contributed by atoms with Crippen LogP contribution in [-0.2, 0) is 11.2 Å². The lowest BCUT2D eigenvalue weighted by Gasteiger charge is -2.38. The zero-order valence-electron chi connectivity index (χ0n) is 13.8. The van der Waals surface area contributed by atoms with Gasteiger partial charge < -0.3 is 19.7 Å². The van der Waals surface area contributed by atoms with Gasteiger partial charge in [0.1, 0.15) is 0 Å². The maximum Gasteiger partial charge on any atom is 0.491 e. The first-order valence-electron chi connectivity index (χ1n) is 6.85. The van der Waals surface area contributed by atoms with E-state index in [0.29, 0.717) is 5.46 Å². The smallest absolute Gasteiger partial charge is 0.423 e. The highest BCUT2D eigenvalue weighted by Crippen LogP contribution is 2.25. The molecule has 0 aliphatic rings. The number of aliphatic hydroxyl groups is 1. The lowest BCUT2D eigenvalue weighted by atomic mass is 9.76. The van der Waals surface area contributed by atoms with E-state index in [-0.39, 0.29) is 12.4 Å². The van der Waals surface area contributed by atoms with Crippen LogP contribution >= 0.6 is 12.4 Å². The fourth-order valence-corrected chi connectivity index (χ4v) is 1.64. The molecule has 0 fully saturated rings. The van der Waals surface area contributed by atoms with Gasteiger partial charge in [0.2, 0.25) is 0 Å². The van der Waals surface area contributed by atoms with Crippen LogP contribution in [0.3, 0.4) is 0 Å². The van der Waals surface area contributed by atoms with Crippen LogP contribution in [0, 0.1) is 0 Å². The Morgan fingerprint density at radius 2 is 1.57 bits per heavy atom. The molecule has 0 aliphatic heterocycles. The fraction of sp³-hybridized carbons (Fsp3) is 0.600. The summed E-state index contributed by atoms with van der Waals surface area (Å²) in [6.07, 6.45) is 0. The molecule has 0 bridgehead atoms. The van der Waals surface area contributed by atoms with Gasteiger partial charge in [0.05, 0.1) is 11.2 Å². The number of benzene rings is 1. The Hall–Kier alpha value is -0.585. The number of hydrogen-bond acceptors (Lipinski definition) is 4. The zero-order chi connectivity index (χ0) is 15.6. The summed E-state index contributed by atoms with van der Waals surface area (Å²) >= 11 is 0. The Bertz CT molecular complexity index is 430. The molecule has 0 saturated carbocycles. The first kappa shape index (κ1) is 20.4. The van der Waals surface area contributed by atoms with Gasteiger partial charge in [0, 0.05) is 6.54 Å². The molecule has 4 nitrogen and oxygen atoms in total. The molecule has 1 aromatic rings. The molecule has 1 rings (SSSR count). The molecule has 21 heavy (non-hydrogen) atoms. The molecule has 0 amide bonds. The maximum atomic E-state index is 10.1. The number of nitrogens with zero attached hydrogens (tertiary/aromatic N) is 1. The highest BCUT2D eigenvalue weighted by atomic mass is 35.5. The van der Waals surface area contributed by atoms with Gasteiger partial charge in [-0.05, 0) is 52.8 Å². The van der Waals surface area contributed by atoms with Crippen LogP contribution < -0.4 is 5.46 Å². The van der Waals surface area contributed by atoms with Crippen molar-refractivity contribution in [2.24, 2.45) is 0 Å². The van der Waals surface area contributed by atoms with E-state index >= 15 is 0 Å². The van der Waals surface area contributed by atoms with Crippen molar-refractivity contribution in [2.45, 2.75) is 45.4 Å². The molecule has 0 aliphatic carbocycles. The minimum absolute atomic E-state index is 0. The van der Waals surface area contributed by atoms with E-state index in [2.05, 4.69) is 4.90 Å². The molecule has 0 unspecified atom stereocenters. The lowest BCUT2D eigenvalue weighted by Crippen LogP contribution is -2.53. The predicted octanol–water partition coefficient (Wildman–Crippen LogP) is 1.42. The largest absolute Gasteiger partial charge is 0.491 e. The molecule has 0 atom stereocenters. The third-order valence-electron chi connectivity index (χ3n) is 3.64. The quantitative estimate of drug-likeness (QED) is 0.780. The lowest BCUT2D eigenvalue weighted by molar-refractivity contribution is -0.0982. The summed E-state index contributed by atoms with van der Waals surface area (Å²) in [5.74, 6) is 0. The second-order valence-electron chi connectivity index (χ2n) is 6.52. The molecule has 0 heterocycles. The fourth-order valence-electron chi connectivity index (χ4n) is 1.64. The maximum absolute atomic E-state index is 10.1. The standard InChI is InChI=1S/C15H26BNO3.ClH/c1-14(2,18)15(3,4)20-16(19)13-9-7-12(8-10-13)11-17(5)6;/h7-10,18-19H,11H2,1-6H3;1H. The molecule has 0 aromatic heterocycles. The summed E-state index contributed by atoms with van der Waals surface area (Å²) < 4.78 is 5.60. The monoisotopic (exact) mass is 315 g/mol. The predicted molar refractivity (Wildman–Crippen MR) is 90.1 cm³/mol. The minimum Gasteiger partial charge on any atom is -0.423 e. The first-order valence-corrected chi connectivity index (χ1v) is 6.85. The number of hydrogen-bond donors (Lipinski definition) is 2. The molecule has 0 radical (unpaired) electrons. The Morgan fingerprint density at radius 1 is 1.10 bits per heavy atom. The summed E-state index contributed by atoms with van der Waals surface area (Å²) in [6, 6.07) is 7.64. The van der Waals surface area contributed by atoms with Crippen LogP contribution in [-0.4, -0.2) is 47.4 Å². The summed E-state index contributed by atoms with van der Waals surface area (Å²) in [7, 11) is 2.97. The van der Waals surface area contributed by atoms with E-state index in [4.69, 9.17) is 4.65 Å². The number of halogens is 1. The van der Waals surface area contributed by atoms with Crippen LogP contribution in [0.25, 0.3) is 0 Å². The molecule has 6 heteroatoms. The van der Waals surface area contributed by atoms with Gasteiger partial charge in [0.25, 0.3) is 0 Å². The van der Waals surface area contributed by atoms with E-state index in [9.17, 15) is 10.1 Å². The van der Waals surface area contributed by atoms with Crippen LogP contribution in [0.2, 0.25) is 0 Å². The van der Waals surface area contributed by atoms with E-state index in [1.807, 2.05) is 38.4 Å². The number of rotatable bonds is 6. The molecule has 0 spiro atoms. The van der Waals surface area contributed by atoms with Gasteiger partial charge in [0.15, 0.2) is 0 Å². The van der Waals surface area contributed by atoms with Gasteiger partial charge in [-0.2, -0.15) is 0 Å². The first-order chi connectivity index (χ1) is 9.03. The van der Waals surface area contributed by atoms with Gasteiger partial charge in [-0.1, -0.05) is 24.3 Å². The second-order valence-corrected chi connectivity index (χ2v) is 6.52. The van der Waals surface area contributed by atoms with Gasteiger partial charge in [-0.3, -0.25) is 0 Å². The topological polar surface area (TPSA) is 52.9 Å². The third-order valence-corrected chi connectivity index (χ3v) is 3.64. The average molecular weight is 316 g/mol. The van der Waals surface area contributed by atoms with Crippen molar-refractivity contribution in [3.63, 3.8) is 0 Å². The zero-order valence-corrected chi connectivity index (χ0v) is 14.6. The van der Waals surface area contributed by atoms with Crippen LogP contribution in [0.1, 0.15) is 33.3 Å². The minimum atomic E-state index is -1.05. The Kier molecular flexibility index (Phi) is 7.40. The van der Waals surface area contributed by atoms with Gasteiger partial charge in [-0.15, -0.1) is 12.4 Å². The summed E-state index contributed by atoms with van der Waals surface area (Å²) in [5.41, 5.74) is -0.0364. The van der Waals surface area contributed by atoms with Gasteiger partial charge >= 0.3 is 7.12 Å². The van der Waals surface area contributed by atoms with Crippen molar-refractivity contribution >= 4 is 25.0 Å². The van der Waals surface area contributed by atoms with E-state index < -0.39 is 18.3 Å². The molecule has 1 aromatic carbocycles. The summed E-state index contributed by atoms with van der Waals surface area (Å²) in [6.45, 7) is 7.71. The van der Waals surface area contributed by atoms with Crippen molar-refractivity contribution < 1.29 is 14.8 Å². The summed E-state index contributed by atoms with van der Waals surface area (Å²) in [4.78, 5) is 2.08. The van der Waals surface area contributed by atoms with Crippen LogP contribution in [0.4, 0.5) is 0 Å². The highest BCUT2D eigenvalue weighted by molar-refractivity contribution is 6.60. The summed E-state index contributed by atoms with van der Waals surface area (Å²) in [5, 5.41) is 20.2. The van der Waals surface area contributed by atoms with E-state index in [1.165, 1.54) is 5.56 Å². The highest BCUT2D eigenvalue weighted by Gasteiger charge is 2.39. The Labute approximate surface area is 134 Å². The van der Waals surface area contributed by atoms with Crippen molar-refractivity contribution in [1.82, 2.24) is 4.90 Å². The average Bonchev–Trinajstić information content (AvgIpc) is 2.26. The second kappa shape index (κ2) is 7.61. The van der Waals surface area contributed by atoms with E-state index in [0.717, 1.165) is 6.54 Å². The normalized spacial score (nSPS) is 12.2. The SMILES string of the molecule is CN(C)Cc1ccc(B(O)OC(C)(C)C(C)(C)O)cc1.Cl. The van der Waals surface area contributed by atoms with Crippen molar-refractivity contribution in [3.05, 3.63) is 29.8 Å². The molecule has 0 saturated heterocycles. The van der Waals surface area contributed by atoms with Crippen molar-refractivity contribution in [2.75, 3.05) is 14.1 Å². The Balaban J connectivity index is 0.00000400. The molecular weight excluding hydrogens is 288 g/mol. The molecular formula is C15H27BClNO3. The molecule has 2 N–H and O–H groups in total. The van der Waals surface area contributed by atoms with Crippen LogP contribution in [0.5, 0.6) is 0 Å². The Morgan fingerprint density at radius 3 is 1.95 bits per heavy atom. The van der Waals surface area contributed by atoms with Crippen molar-refractivity contribution in [1.29, 1.82) is 0 Å². The van der Waals surface area contributed by atoms with Crippen LogP contribution in [0.15, 0.2) is 24.3 Å². The van der Waals surface area contributed by atoms with Crippen molar-refractivity contribution in [3.8, 4) is 0 Å². The van der Waals surface area contributed by atoms with E-state index in [1.54, 1.807) is 27.7 Å². The molecule has 120 valence electrons. The third kappa shape index (κ3) is 5.97. The van der Waals surface area contributed by atoms with Gasteiger partial charge in [-0.25, -0.2) is 0 Å².